The van der Waals surface area contributed by atoms with Crippen molar-refractivity contribution in [1.29, 1.82) is 0 Å². The number of aryl methyl sites for hydroxylation is 1. The van der Waals surface area contributed by atoms with E-state index in [4.69, 9.17) is 9.84 Å². The molecule has 0 saturated heterocycles. The van der Waals surface area contributed by atoms with E-state index in [0.29, 0.717) is 18.7 Å². The van der Waals surface area contributed by atoms with E-state index in [9.17, 15) is 9.59 Å². The molecule has 0 fully saturated rings. The average molecular weight is 392 g/mol. The first kappa shape index (κ1) is 18.0. The topological polar surface area (TPSA) is 75.6 Å². The van der Waals surface area contributed by atoms with Crippen LogP contribution in [-0.4, -0.2) is 23.6 Å². The summed E-state index contributed by atoms with van der Waals surface area (Å²) in [5.41, 5.74) is 1.51. The molecule has 126 valence electrons. The maximum Gasteiger partial charge on any atom is 0.337 e. The number of amides is 1. The highest BCUT2D eigenvalue weighted by molar-refractivity contribution is 9.10. The molecule has 0 saturated carbocycles. The molecule has 2 rings (SSSR count). The maximum absolute atomic E-state index is 11.9. The van der Waals surface area contributed by atoms with Gasteiger partial charge in [-0.1, -0.05) is 18.2 Å². The number of carbonyl (C=O) groups is 2. The van der Waals surface area contributed by atoms with Crippen molar-refractivity contribution in [3.8, 4) is 5.75 Å². The number of halogens is 1. The Kier molecular flexibility index (Phi) is 6.37. The van der Waals surface area contributed by atoms with Crippen LogP contribution in [0.15, 0.2) is 46.9 Å². The third-order valence-electron chi connectivity index (χ3n) is 3.32. The minimum Gasteiger partial charge on any atom is -0.492 e. The number of carboxylic acid groups (broad SMARTS) is 1. The Morgan fingerprint density at radius 3 is 2.67 bits per heavy atom. The van der Waals surface area contributed by atoms with Crippen LogP contribution in [0, 0.1) is 6.92 Å². The molecule has 2 aromatic rings. The minimum atomic E-state index is -1.07. The van der Waals surface area contributed by atoms with Gasteiger partial charge in [0.15, 0.2) is 0 Å². The lowest BCUT2D eigenvalue weighted by atomic mass is 10.1. The van der Waals surface area contributed by atoms with E-state index in [2.05, 4.69) is 21.2 Å². The van der Waals surface area contributed by atoms with E-state index in [0.717, 1.165) is 15.8 Å². The smallest absolute Gasteiger partial charge is 0.337 e. The Morgan fingerprint density at radius 2 is 1.96 bits per heavy atom. The molecule has 0 radical (unpaired) electrons. The average Bonchev–Trinajstić information content (AvgIpc) is 2.53. The predicted octanol–water partition coefficient (Wildman–Crippen LogP) is 4.25. The molecule has 2 aromatic carbocycles. The van der Waals surface area contributed by atoms with Gasteiger partial charge in [0, 0.05) is 6.42 Å². The van der Waals surface area contributed by atoms with Crippen molar-refractivity contribution < 1.29 is 19.4 Å². The van der Waals surface area contributed by atoms with Crippen molar-refractivity contribution in [2.75, 3.05) is 11.9 Å². The first-order valence-electron chi connectivity index (χ1n) is 7.48. The molecule has 0 atom stereocenters. The van der Waals surface area contributed by atoms with Gasteiger partial charge in [0.2, 0.25) is 5.91 Å². The number of anilines is 1. The molecule has 0 aliphatic rings. The normalized spacial score (nSPS) is 10.2. The standard InChI is InChI=1S/C18H18BrNO4/c1-12-8-9-16(14(19)11-12)24-10-4-7-17(21)20-15-6-3-2-5-13(15)18(22)23/h2-3,5-6,8-9,11H,4,7,10H2,1H3,(H,20,21)(H,22,23). The van der Waals surface area contributed by atoms with Gasteiger partial charge in [0.05, 0.1) is 22.3 Å². The summed E-state index contributed by atoms with van der Waals surface area (Å²) < 4.78 is 6.51. The summed E-state index contributed by atoms with van der Waals surface area (Å²) >= 11 is 3.43. The quantitative estimate of drug-likeness (QED) is 0.691. The largest absolute Gasteiger partial charge is 0.492 e. The molecule has 0 bridgehead atoms. The number of benzene rings is 2. The van der Waals surface area contributed by atoms with Crippen molar-refractivity contribution >= 4 is 33.5 Å². The SMILES string of the molecule is Cc1ccc(OCCCC(=O)Nc2ccccc2C(=O)O)c(Br)c1. The molecular weight excluding hydrogens is 374 g/mol. The Morgan fingerprint density at radius 1 is 1.21 bits per heavy atom. The number of hydrogen-bond donors (Lipinski definition) is 2. The van der Waals surface area contributed by atoms with E-state index >= 15 is 0 Å². The van der Waals surface area contributed by atoms with E-state index in [-0.39, 0.29) is 17.9 Å². The molecule has 6 heteroatoms. The zero-order valence-corrected chi connectivity index (χ0v) is 14.8. The van der Waals surface area contributed by atoms with Gasteiger partial charge >= 0.3 is 5.97 Å². The molecule has 0 aliphatic heterocycles. The number of hydrogen-bond acceptors (Lipinski definition) is 3. The number of ether oxygens (including phenoxy) is 1. The summed E-state index contributed by atoms with van der Waals surface area (Å²) in [5.74, 6) is -0.578. The van der Waals surface area contributed by atoms with Gasteiger partial charge in [-0.25, -0.2) is 4.79 Å². The Hall–Kier alpha value is -2.34. The summed E-state index contributed by atoms with van der Waals surface area (Å²) in [6.07, 6.45) is 0.777. The number of nitrogens with one attached hydrogen (secondary N) is 1. The van der Waals surface area contributed by atoms with Gasteiger partial charge in [0.25, 0.3) is 0 Å². The number of aromatic carboxylic acids is 1. The van der Waals surface area contributed by atoms with Crippen LogP contribution in [-0.2, 0) is 4.79 Å². The second-order valence-corrected chi connectivity index (χ2v) is 6.14. The molecule has 5 nitrogen and oxygen atoms in total. The molecule has 0 unspecified atom stereocenters. The van der Waals surface area contributed by atoms with Crippen LogP contribution < -0.4 is 10.1 Å². The van der Waals surface area contributed by atoms with E-state index in [1.165, 1.54) is 6.07 Å². The van der Waals surface area contributed by atoms with E-state index in [1.807, 2.05) is 25.1 Å². The van der Waals surface area contributed by atoms with Crippen LogP contribution in [0.5, 0.6) is 5.75 Å². The Labute approximate surface area is 148 Å². The summed E-state index contributed by atoms with van der Waals surface area (Å²) in [6.45, 7) is 2.39. The molecule has 2 N–H and O–H groups in total. The third kappa shape index (κ3) is 5.09. The maximum atomic E-state index is 11.9. The van der Waals surface area contributed by atoms with Crippen LogP contribution in [0.25, 0.3) is 0 Å². The highest BCUT2D eigenvalue weighted by atomic mass is 79.9. The highest BCUT2D eigenvalue weighted by Gasteiger charge is 2.11. The van der Waals surface area contributed by atoms with Crippen molar-refractivity contribution in [2.45, 2.75) is 19.8 Å². The number of carboxylic acids is 1. The van der Waals surface area contributed by atoms with Gasteiger partial charge in [-0.2, -0.15) is 0 Å². The first-order chi connectivity index (χ1) is 11.5. The molecule has 0 aromatic heterocycles. The van der Waals surface area contributed by atoms with E-state index < -0.39 is 5.97 Å². The fourth-order valence-electron chi connectivity index (χ4n) is 2.13. The predicted molar refractivity (Wildman–Crippen MR) is 95.6 cm³/mol. The first-order valence-corrected chi connectivity index (χ1v) is 8.28. The van der Waals surface area contributed by atoms with Crippen LogP contribution >= 0.6 is 15.9 Å². The summed E-state index contributed by atoms with van der Waals surface area (Å²) in [5, 5.41) is 11.7. The highest BCUT2D eigenvalue weighted by Crippen LogP contribution is 2.25. The summed E-state index contributed by atoms with van der Waals surface area (Å²) in [7, 11) is 0. The van der Waals surface area contributed by atoms with Crippen LogP contribution in [0.2, 0.25) is 0 Å². The van der Waals surface area contributed by atoms with Gasteiger partial charge in [-0.15, -0.1) is 0 Å². The van der Waals surface area contributed by atoms with Gasteiger partial charge < -0.3 is 15.2 Å². The molecule has 0 aliphatic carbocycles. The zero-order valence-electron chi connectivity index (χ0n) is 13.2. The minimum absolute atomic E-state index is 0.0747. The van der Waals surface area contributed by atoms with Crippen molar-refractivity contribution in [3.05, 3.63) is 58.1 Å². The Balaban J connectivity index is 1.81. The second kappa shape index (κ2) is 8.49. The number of rotatable bonds is 7. The second-order valence-electron chi connectivity index (χ2n) is 5.28. The van der Waals surface area contributed by atoms with Crippen LogP contribution in [0.1, 0.15) is 28.8 Å². The Bertz CT molecular complexity index is 746. The zero-order chi connectivity index (χ0) is 17.5. The molecule has 1 amide bonds. The van der Waals surface area contributed by atoms with Gasteiger partial charge in [0.1, 0.15) is 5.75 Å². The van der Waals surface area contributed by atoms with Crippen molar-refractivity contribution in [3.63, 3.8) is 0 Å². The molecule has 0 spiro atoms. The fraction of sp³-hybridized carbons (Fsp3) is 0.222. The van der Waals surface area contributed by atoms with Gasteiger partial charge in [-0.05, 0) is 59.1 Å². The lowest BCUT2D eigenvalue weighted by molar-refractivity contribution is -0.116. The van der Waals surface area contributed by atoms with Crippen molar-refractivity contribution in [2.24, 2.45) is 0 Å². The number of para-hydroxylation sites is 1. The lowest BCUT2D eigenvalue weighted by Crippen LogP contribution is -2.15. The lowest BCUT2D eigenvalue weighted by Gasteiger charge is -2.10. The molecular formula is C18H18BrNO4. The van der Waals surface area contributed by atoms with Crippen LogP contribution in [0.4, 0.5) is 5.69 Å². The summed E-state index contributed by atoms with van der Waals surface area (Å²) in [4.78, 5) is 23.0. The van der Waals surface area contributed by atoms with Crippen LogP contribution in [0.3, 0.4) is 0 Å². The van der Waals surface area contributed by atoms with Crippen molar-refractivity contribution in [1.82, 2.24) is 0 Å². The van der Waals surface area contributed by atoms with E-state index in [1.54, 1.807) is 18.2 Å². The molecule has 0 heterocycles. The summed E-state index contributed by atoms with van der Waals surface area (Å²) in [6, 6.07) is 12.1. The third-order valence-corrected chi connectivity index (χ3v) is 3.94. The monoisotopic (exact) mass is 391 g/mol. The van der Waals surface area contributed by atoms with Gasteiger partial charge in [-0.3, -0.25) is 4.79 Å². The number of carbonyl (C=O) groups excluding carboxylic acids is 1. The molecule has 24 heavy (non-hydrogen) atoms. The fourth-order valence-corrected chi connectivity index (χ4v) is 2.74.